The van der Waals surface area contributed by atoms with Gasteiger partial charge in [0.05, 0.1) is 18.2 Å². The van der Waals surface area contributed by atoms with Crippen molar-refractivity contribution in [3.63, 3.8) is 0 Å². The number of amides is 3. The zero-order valence-electron chi connectivity index (χ0n) is 13.5. The molecule has 1 aliphatic heterocycles. The maximum atomic E-state index is 13.0. The van der Waals surface area contributed by atoms with Crippen molar-refractivity contribution < 1.29 is 27.6 Å². The summed E-state index contributed by atoms with van der Waals surface area (Å²) in [6.07, 6.45) is -4.48. The Morgan fingerprint density at radius 3 is 2.60 bits per heavy atom. The third-order valence-electron chi connectivity index (χ3n) is 3.76. The second-order valence-corrected chi connectivity index (χ2v) is 5.81. The van der Waals surface area contributed by atoms with Gasteiger partial charge in [0.15, 0.2) is 0 Å². The number of alkyl halides is 3. The Hall–Kier alpha value is -2.58. The molecule has 6 nitrogen and oxygen atoms in total. The number of carbonyl (C=O) groups excluding carboxylic acids is 3. The predicted molar refractivity (Wildman–Crippen MR) is 82.1 cm³/mol. The topological polar surface area (TPSA) is 78.5 Å². The van der Waals surface area contributed by atoms with Gasteiger partial charge in [-0.15, -0.1) is 0 Å². The van der Waals surface area contributed by atoms with Crippen LogP contribution in [0, 0.1) is 0 Å². The van der Waals surface area contributed by atoms with Gasteiger partial charge in [-0.2, -0.15) is 13.2 Å². The molecule has 136 valence electrons. The van der Waals surface area contributed by atoms with Gasteiger partial charge in [-0.25, -0.2) is 0 Å². The summed E-state index contributed by atoms with van der Waals surface area (Å²) in [7, 11) is 0. The molecule has 1 aromatic rings. The second-order valence-electron chi connectivity index (χ2n) is 5.81. The van der Waals surface area contributed by atoms with Gasteiger partial charge in [-0.3, -0.25) is 14.4 Å². The van der Waals surface area contributed by atoms with Crippen LogP contribution in [0.4, 0.5) is 13.2 Å². The minimum absolute atomic E-state index is 0.00794. The molecule has 0 saturated carbocycles. The van der Waals surface area contributed by atoms with Gasteiger partial charge in [0.2, 0.25) is 17.7 Å². The van der Waals surface area contributed by atoms with Crippen molar-refractivity contribution in [1.82, 2.24) is 15.5 Å². The summed E-state index contributed by atoms with van der Waals surface area (Å²) in [4.78, 5) is 35.7. The molecule has 2 N–H and O–H groups in total. The zero-order valence-corrected chi connectivity index (χ0v) is 13.5. The molecule has 1 atom stereocenters. The van der Waals surface area contributed by atoms with Crippen molar-refractivity contribution in [3.8, 4) is 0 Å². The Morgan fingerprint density at radius 2 is 1.96 bits per heavy atom. The fourth-order valence-corrected chi connectivity index (χ4v) is 2.65. The Kier molecular flexibility index (Phi) is 5.66. The summed E-state index contributed by atoms with van der Waals surface area (Å²) in [6.45, 7) is 1.01. The van der Waals surface area contributed by atoms with Crippen LogP contribution in [0.1, 0.15) is 24.5 Å². The third kappa shape index (κ3) is 5.20. The van der Waals surface area contributed by atoms with Crippen LogP contribution >= 0.6 is 0 Å². The number of rotatable bonds is 5. The van der Waals surface area contributed by atoms with Crippen LogP contribution in [-0.4, -0.2) is 41.8 Å². The van der Waals surface area contributed by atoms with Crippen molar-refractivity contribution in [2.24, 2.45) is 0 Å². The van der Waals surface area contributed by atoms with Crippen LogP contribution in [0.15, 0.2) is 24.3 Å². The molecular weight excluding hydrogens is 339 g/mol. The van der Waals surface area contributed by atoms with Gasteiger partial charge in [0.1, 0.15) is 0 Å². The van der Waals surface area contributed by atoms with Gasteiger partial charge in [0, 0.05) is 26.4 Å². The van der Waals surface area contributed by atoms with E-state index in [0.29, 0.717) is 0 Å². The van der Waals surface area contributed by atoms with Crippen molar-refractivity contribution in [3.05, 3.63) is 35.4 Å². The number of benzene rings is 1. The van der Waals surface area contributed by atoms with Crippen molar-refractivity contribution in [2.45, 2.75) is 32.1 Å². The number of likely N-dealkylation sites (tertiary alicyclic amines) is 1. The van der Waals surface area contributed by atoms with Gasteiger partial charge in [-0.05, 0) is 11.6 Å². The first-order valence-electron chi connectivity index (χ1n) is 7.63. The standard InChI is InChI=1S/C16H18F3N3O3/c1-10(23)20-7-14(24)21-12-6-15(25)22(9-12)8-11-4-2-3-5-13(11)16(17,18)19/h2-5,12H,6-9H2,1H3,(H,20,23)(H,21,24)/t12-/m0/s1. The molecule has 0 bridgehead atoms. The predicted octanol–water partition coefficient (Wildman–Crippen LogP) is 1.06. The zero-order chi connectivity index (χ0) is 18.6. The smallest absolute Gasteiger partial charge is 0.350 e. The lowest BCUT2D eigenvalue weighted by atomic mass is 10.1. The van der Waals surface area contributed by atoms with Gasteiger partial charge >= 0.3 is 6.18 Å². The number of nitrogens with one attached hydrogen (secondary N) is 2. The summed E-state index contributed by atoms with van der Waals surface area (Å²) >= 11 is 0. The van der Waals surface area contributed by atoms with E-state index >= 15 is 0 Å². The Labute approximate surface area is 142 Å². The van der Waals surface area contributed by atoms with Crippen LogP contribution in [0.25, 0.3) is 0 Å². The van der Waals surface area contributed by atoms with Crippen LogP contribution < -0.4 is 10.6 Å². The maximum absolute atomic E-state index is 13.0. The molecule has 0 spiro atoms. The van der Waals surface area contributed by atoms with E-state index in [-0.39, 0.29) is 43.4 Å². The summed E-state index contributed by atoms with van der Waals surface area (Å²) < 4.78 is 39.1. The molecule has 1 aliphatic rings. The van der Waals surface area contributed by atoms with Gasteiger partial charge in [0.25, 0.3) is 0 Å². The second kappa shape index (κ2) is 7.54. The highest BCUT2D eigenvalue weighted by Gasteiger charge is 2.35. The van der Waals surface area contributed by atoms with E-state index < -0.39 is 23.7 Å². The summed E-state index contributed by atoms with van der Waals surface area (Å²) in [5.74, 6) is -1.14. The summed E-state index contributed by atoms with van der Waals surface area (Å²) in [5, 5.41) is 4.92. The molecular formula is C16H18F3N3O3. The Bertz CT molecular complexity index is 676. The maximum Gasteiger partial charge on any atom is 0.416 e. The van der Waals surface area contributed by atoms with Crippen LogP contribution in [0.5, 0.6) is 0 Å². The number of carbonyl (C=O) groups is 3. The van der Waals surface area contributed by atoms with Crippen molar-refractivity contribution in [2.75, 3.05) is 13.1 Å². The van der Waals surface area contributed by atoms with Crippen LogP contribution in [-0.2, 0) is 27.1 Å². The molecule has 3 amide bonds. The molecule has 0 aliphatic carbocycles. The lowest BCUT2D eigenvalue weighted by molar-refractivity contribution is -0.139. The Morgan fingerprint density at radius 1 is 1.28 bits per heavy atom. The van der Waals surface area contributed by atoms with E-state index in [2.05, 4.69) is 10.6 Å². The Balaban J connectivity index is 1.98. The summed E-state index contributed by atoms with van der Waals surface area (Å²) in [6, 6.07) is 4.59. The minimum Gasteiger partial charge on any atom is -0.350 e. The fraction of sp³-hybridized carbons (Fsp3) is 0.438. The molecule has 25 heavy (non-hydrogen) atoms. The van der Waals surface area contributed by atoms with Crippen molar-refractivity contribution in [1.29, 1.82) is 0 Å². The minimum atomic E-state index is -4.49. The highest BCUT2D eigenvalue weighted by atomic mass is 19.4. The monoisotopic (exact) mass is 357 g/mol. The average Bonchev–Trinajstić information content (AvgIpc) is 2.84. The SMILES string of the molecule is CC(=O)NCC(=O)N[C@H]1CC(=O)N(Cc2ccccc2C(F)(F)F)C1. The number of halogens is 3. The number of hydrogen-bond acceptors (Lipinski definition) is 3. The fourth-order valence-electron chi connectivity index (χ4n) is 2.65. The summed E-state index contributed by atoms with van der Waals surface area (Å²) in [5.41, 5.74) is -0.769. The molecule has 1 aromatic carbocycles. The van der Waals surface area contributed by atoms with Crippen LogP contribution in [0.2, 0.25) is 0 Å². The molecule has 0 radical (unpaired) electrons. The molecule has 1 saturated heterocycles. The molecule has 0 aromatic heterocycles. The quantitative estimate of drug-likeness (QED) is 0.827. The first kappa shape index (κ1) is 18.8. The van der Waals surface area contributed by atoms with E-state index in [1.165, 1.54) is 30.0 Å². The number of nitrogens with zero attached hydrogens (tertiary/aromatic N) is 1. The van der Waals surface area contributed by atoms with E-state index in [1.54, 1.807) is 0 Å². The lowest BCUT2D eigenvalue weighted by Gasteiger charge is -2.20. The van der Waals surface area contributed by atoms with E-state index in [4.69, 9.17) is 0 Å². The first-order valence-corrected chi connectivity index (χ1v) is 7.63. The molecule has 2 rings (SSSR count). The first-order chi connectivity index (χ1) is 11.7. The van der Waals surface area contributed by atoms with E-state index in [9.17, 15) is 27.6 Å². The largest absolute Gasteiger partial charge is 0.416 e. The number of hydrogen-bond donors (Lipinski definition) is 2. The van der Waals surface area contributed by atoms with Crippen LogP contribution in [0.3, 0.4) is 0 Å². The lowest BCUT2D eigenvalue weighted by Crippen LogP contribution is -2.42. The van der Waals surface area contributed by atoms with E-state index in [0.717, 1.165) is 6.07 Å². The molecule has 1 heterocycles. The van der Waals surface area contributed by atoms with E-state index in [1.807, 2.05) is 0 Å². The highest BCUT2D eigenvalue weighted by Crippen LogP contribution is 2.32. The normalized spacial score (nSPS) is 17.5. The third-order valence-corrected chi connectivity index (χ3v) is 3.76. The molecule has 9 heteroatoms. The van der Waals surface area contributed by atoms with Gasteiger partial charge in [-0.1, -0.05) is 18.2 Å². The molecule has 0 unspecified atom stereocenters. The average molecular weight is 357 g/mol. The van der Waals surface area contributed by atoms with Crippen molar-refractivity contribution >= 4 is 17.7 Å². The van der Waals surface area contributed by atoms with Gasteiger partial charge < -0.3 is 15.5 Å². The molecule has 1 fully saturated rings. The highest BCUT2D eigenvalue weighted by molar-refractivity contribution is 5.85.